The first-order valence-corrected chi connectivity index (χ1v) is 15.6. The van der Waals surface area contributed by atoms with Crippen LogP contribution in [0.4, 0.5) is 16.3 Å². The number of aryl methyl sites for hydroxylation is 1. The number of ketones is 1. The summed E-state index contributed by atoms with van der Waals surface area (Å²) >= 11 is 0. The predicted octanol–water partition coefficient (Wildman–Crippen LogP) is 4.80. The second-order valence-corrected chi connectivity index (χ2v) is 13.5. The average molecular weight is 574 g/mol. The van der Waals surface area contributed by atoms with Gasteiger partial charge in [0.15, 0.2) is 5.78 Å². The molecule has 9 heteroatoms. The second-order valence-electron chi connectivity index (χ2n) is 13.5. The van der Waals surface area contributed by atoms with Gasteiger partial charge in [-0.15, -0.1) is 0 Å². The van der Waals surface area contributed by atoms with E-state index in [4.69, 9.17) is 14.7 Å². The van der Waals surface area contributed by atoms with E-state index in [9.17, 15) is 14.7 Å². The normalized spacial score (nSPS) is 22.0. The number of hydrogen-bond acceptors (Lipinski definition) is 8. The van der Waals surface area contributed by atoms with E-state index in [2.05, 4.69) is 36.7 Å². The third-order valence-electron chi connectivity index (χ3n) is 9.64. The van der Waals surface area contributed by atoms with Crippen LogP contribution in [0.5, 0.6) is 0 Å². The van der Waals surface area contributed by atoms with Gasteiger partial charge in [0.05, 0.1) is 29.7 Å². The molecule has 2 saturated heterocycles. The largest absolute Gasteiger partial charge is 0.447 e. The molecule has 6 rings (SSSR count). The summed E-state index contributed by atoms with van der Waals surface area (Å²) in [6.45, 7) is 10.4. The van der Waals surface area contributed by atoms with Gasteiger partial charge in [-0.3, -0.25) is 14.7 Å². The molecule has 2 aromatic heterocycles. The lowest BCUT2D eigenvalue weighted by Gasteiger charge is -2.34. The summed E-state index contributed by atoms with van der Waals surface area (Å²) in [5.41, 5.74) is 6.09. The highest BCUT2D eigenvalue weighted by Crippen LogP contribution is 2.39. The third kappa shape index (κ3) is 6.27. The Morgan fingerprint density at radius 3 is 2.64 bits per heavy atom. The van der Waals surface area contributed by atoms with E-state index in [0.717, 1.165) is 75.1 Å². The van der Waals surface area contributed by atoms with Crippen molar-refractivity contribution in [3.63, 3.8) is 0 Å². The Labute approximate surface area is 248 Å². The summed E-state index contributed by atoms with van der Waals surface area (Å²) in [4.78, 5) is 44.0. The van der Waals surface area contributed by atoms with Crippen molar-refractivity contribution in [3.8, 4) is 0 Å². The van der Waals surface area contributed by atoms with Crippen LogP contribution in [0.3, 0.4) is 0 Å². The highest BCUT2D eigenvalue weighted by molar-refractivity contribution is 6.41. The van der Waals surface area contributed by atoms with Gasteiger partial charge < -0.3 is 14.7 Å². The molecular weight excluding hydrogens is 530 g/mol. The molecule has 42 heavy (non-hydrogen) atoms. The maximum Gasteiger partial charge on any atom is 0.415 e. The number of Topliss-reactive ketones (excluding diaryl/α,β-unsaturated/α-hetero) is 1. The number of cyclic esters (lactones) is 1. The number of piperidine rings is 1. The first-order chi connectivity index (χ1) is 20.1. The number of likely N-dealkylation sites (tertiary alicyclic amines) is 1. The van der Waals surface area contributed by atoms with Gasteiger partial charge in [-0.2, -0.15) is 0 Å². The van der Waals surface area contributed by atoms with Crippen LogP contribution in [0.2, 0.25) is 0 Å². The number of aliphatic imine (C=N–C) groups is 1. The number of fused-ring (bicyclic) bond motifs is 2. The SMILES string of the molecule is CC(C)(C)[C@H]1CCc2nc3c(cc2C1)N=C(C(=O)C[C@H](CCN1CCC(O)CC1)c1ccc(N2CCOC2=O)nc1)C3. The van der Waals surface area contributed by atoms with Crippen molar-refractivity contribution >= 4 is 29.1 Å². The quantitative estimate of drug-likeness (QED) is 0.483. The molecule has 1 N–H and O–H groups in total. The zero-order valence-electron chi connectivity index (χ0n) is 25.1. The lowest BCUT2D eigenvalue weighted by Crippen LogP contribution is -2.37. The molecule has 0 saturated carbocycles. The Balaban J connectivity index is 1.17. The molecule has 9 nitrogen and oxygen atoms in total. The zero-order chi connectivity index (χ0) is 29.4. The molecule has 4 aliphatic rings. The number of carbonyl (C=O) groups excluding carboxylic acids is 2. The Hall–Kier alpha value is -3.17. The van der Waals surface area contributed by atoms with Crippen LogP contribution in [0.15, 0.2) is 29.4 Å². The number of amides is 1. The Morgan fingerprint density at radius 2 is 1.95 bits per heavy atom. The molecule has 2 aromatic rings. The van der Waals surface area contributed by atoms with E-state index < -0.39 is 0 Å². The molecule has 0 radical (unpaired) electrons. The minimum absolute atomic E-state index is 0.0310. The number of pyridine rings is 2. The maximum absolute atomic E-state index is 13.7. The summed E-state index contributed by atoms with van der Waals surface area (Å²) in [6, 6.07) is 6.02. The van der Waals surface area contributed by atoms with Crippen molar-refractivity contribution in [2.24, 2.45) is 16.3 Å². The monoisotopic (exact) mass is 573 g/mol. The molecule has 2 atom stereocenters. The van der Waals surface area contributed by atoms with Gasteiger partial charge in [-0.1, -0.05) is 26.8 Å². The van der Waals surface area contributed by atoms with Crippen LogP contribution in [0.25, 0.3) is 0 Å². The first-order valence-electron chi connectivity index (χ1n) is 15.6. The minimum atomic E-state index is -0.378. The van der Waals surface area contributed by atoms with Crippen LogP contribution < -0.4 is 4.90 Å². The van der Waals surface area contributed by atoms with Crippen LogP contribution in [-0.2, 0) is 28.8 Å². The third-order valence-corrected chi connectivity index (χ3v) is 9.64. The van der Waals surface area contributed by atoms with E-state index in [-0.39, 0.29) is 29.3 Å². The topological polar surface area (TPSA) is 108 Å². The van der Waals surface area contributed by atoms with Crippen LogP contribution >= 0.6 is 0 Å². The predicted molar refractivity (Wildman–Crippen MR) is 162 cm³/mol. The smallest absolute Gasteiger partial charge is 0.415 e. The fourth-order valence-electron chi connectivity index (χ4n) is 6.78. The first kappa shape index (κ1) is 28.9. The van der Waals surface area contributed by atoms with E-state index in [1.807, 2.05) is 12.1 Å². The van der Waals surface area contributed by atoms with Crippen molar-refractivity contribution < 1.29 is 19.4 Å². The number of ether oxygens (including phenoxy) is 1. The Kier molecular flexibility index (Phi) is 8.16. The molecule has 0 aromatic carbocycles. The maximum atomic E-state index is 13.7. The Morgan fingerprint density at radius 1 is 1.14 bits per heavy atom. The van der Waals surface area contributed by atoms with Crippen LogP contribution in [0, 0.1) is 11.3 Å². The summed E-state index contributed by atoms with van der Waals surface area (Å²) in [5, 5.41) is 9.91. The average Bonchev–Trinajstić information content (AvgIpc) is 3.59. The van der Waals surface area contributed by atoms with Crippen LogP contribution in [-0.4, -0.2) is 76.5 Å². The highest BCUT2D eigenvalue weighted by atomic mass is 16.6. The molecule has 0 spiro atoms. The van der Waals surface area contributed by atoms with Crippen molar-refractivity contribution in [2.75, 3.05) is 37.7 Å². The molecule has 1 aliphatic carbocycles. The van der Waals surface area contributed by atoms with Gasteiger partial charge >= 0.3 is 6.09 Å². The Bertz CT molecular complexity index is 1360. The molecule has 2 fully saturated rings. The molecular formula is C33H43N5O4. The minimum Gasteiger partial charge on any atom is -0.447 e. The van der Waals surface area contributed by atoms with E-state index in [1.54, 1.807) is 6.20 Å². The molecule has 3 aliphatic heterocycles. The molecule has 0 unspecified atom stereocenters. The molecule has 5 heterocycles. The van der Waals surface area contributed by atoms with Gasteiger partial charge in [-0.05, 0) is 85.6 Å². The van der Waals surface area contributed by atoms with Crippen molar-refractivity contribution in [2.45, 2.75) is 84.2 Å². The van der Waals surface area contributed by atoms with E-state index in [0.29, 0.717) is 43.4 Å². The van der Waals surface area contributed by atoms with Crippen molar-refractivity contribution in [1.29, 1.82) is 0 Å². The van der Waals surface area contributed by atoms with Gasteiger partial charge in [0.25, 0.3) is 0 Å². The highest BCUT2D eigenvalue weighted by Gasteiger charge is 2.32. The lowest BCUT2D eigenvalue weighted by molar-refractivity contribution is -0.113. The summed E-state index contributed by atoms with van der Waals surface area (Å²) < 4.78 is 5.06. The number of carbonyl (C=O) groups is 2. The summed E-state index contributed by atoms with van der Waals surface area (Å²) in [6.07, 6.45) is 7.58. The lowest BCUT2D eigenvalue weighted by atomic mass is 9.71. The summed E-state index contributed by atoms with van der Waals surface area (Å²) in [5.74, 6) is 1.22. The number of aromatic nitrogens is 2. The molecule has 0 bridgehead atoms. The number of nitrogens with zero attached hydrogens (tertiary/aromatic N) is 5. The zero-order valence-corrected chi connectivity index (χ0v) is 25.1. The van der Waals surface area contributed by atoms with Crippen molar-refractivity contribution in [1.82, 2.24) is 14.9 Å². The van der Waals surface area contributed by atoms with Gasteiger partial charge in [0.1, 0.15) is 12.4 Å². The van der Waals surface area contributed by atoms with Crippen LogP contribution in [0.1, 0.15) is 81.3 Å². The fraction of sp³-hybridized carbons (Fsp3) is 0.606. The van der Waals surface area contributed by atoms with Gasteiger partial charge in [0, 0.05) is 37.8 Å². The standard InChI is InChI=1S/C33H43N5O4/c1-33(2,3)24-5-6-26-23(16-24)17-27-28(35-26)19-29(36-27)30(40)18-21(8-11-37-12-9-25(39)10-13-37)22-4-7-31(34-20-22)38-14-15-42-32(38)41/h4,7,17,20-21,24-25,39H,5-6,8-16,18-19H2,1-3H3/t21-,24-/m0/s1. The molecule has 1 amide bonds. The number of anilines is 1. The van der Waals surface area contributed by atoms with Gasteiger partial charge in [-0.25, -0.2) is 14.8 Å². The number of aliphatic hydroxyl groups is 1. The van der Waals surface area contributed by atoms with E-state index >= 15 is 0 Å². The number of rotatable bonds is 8. The molecule has 224 valence electrons. The second kappa shape index (κ2) is 11.8. The van der Waals surface area contributed by atoms with E-state index in [1.165, 1.54) is 16.2 Å². The number of hydrogen-bond donors (Lipinski definition) is 1. The fourth-order valence-corrected chi connectivity index (χ4v) is 6.78. The van der Waals surface area contributed by atoms with Crippen molar-refractivity contribution in [3.05, 3.63) is 46.9 Å². The summed E-state index contributed by atoms with van der Waals surface area (Å²) in [7, 11) is 0. The van der Waals surface area contributed by atoms with Gasteiger partial charge in [0.2, 0.25) is 0 Å². The number of aliphatic hydroxyl groups excluding tert-OH is 1.